The van der Waals surface area contributed by atoms with Crippen molar-refractivity contribution in [3.05, 3.63) is 54.5 Å². The molecule has 7 nitrogen and oxygen atoms in total. The molecule has 2 aromatic heterocycles. The lowest BCUT2D eigenvalue weighted by molar-refractivity contribution is -0.0777. The van der Waals surface area contributed by atoms with Crippen LogP contribution >= 0.6 is 0 Å². The SMILES string of the molecule is CCOC1CC(Oc2ccc(-c3ccc4nccn4c3C)cc2)CCN1C(N)=O. The van der Waals surface area contributed by atoms with Crippen LogP contribution in [0.25, 0.3) is 16.8 Å². The average molecular weight is 394 g/mol. The number of nitrogens with two attached hydrogens (primary N) is 1. The normalized spacial score (nSPS) is 19.4. The van der Waals surface area contributed by atoms with Crippen molar-refractivity contribution >= 4 is 11.7 Å². The van der Waals surface area contributed by atoms with E-state index in [4.69, 9.17) is 15.2 Å². The van der Waals surface area contributed by atoms with Crippen molar-refractivity contribution in [2.24, 2.45) is 5.73 Å². The molecule has 152 valence electrons. The smallest absolute Gasteiger partial charge is 0.316 e. The van der Waals surface area contributed by atoms with Gasteiger partial charge in [0.2, 0.25) is 0 Å². The topological polar surface area (TPSA) is 82.1 Å². The molecule has 2 amide bonds. The van der Waals surface area contributed by atoms with Gasteiger partial charge in [-0.2, -0.15) is 0 Å². The van der Waals surface area contributed by atoms with Gasteiger partial charge in [0.05, 0.1) is 0 Å². The Bertz CT molecular complexity index is 999. The van der Waals surface area contributed by atoms with Crippen molar-refractivity contribution in [2.45, 2.75) is 39.0 Å². The molecule has 1 aromatic carbocycles. The molecule has 3 aromatic rings. The second-order valence-corrected chi connectivity index (χ2v) is 7.22. The van der Waals surface area contributed by atoms with Crippen LogP contribution in [0, 0.1) is 6.92 Å². The Balaban J connectivity index is 1.47. The highest BCUT2D eigenvalue weighted by Gasteiger charge is 2.32. The number of hydrogen-bond donors (Lipinski definition) is 1. The molecule has 3 heterocycles. The Morgan fingerprint density at radius 3 is 2.76 bits per heavy atom. The number of rotatable bonds is 5. The van der Waals surface area contributed by atoms with Crippen LogP contribution in [0.3, 0.4) is 0 Å². The van der Waals surface area contributed by atoms with E-state index in [0.717, 1.165) is 34.6 Å². The number of primary amides is 1. The molecule has 4 rings (SSSR count). The first-order valence-electron chi connectivity index (χ1n) is 9.94. The number of nitrogens with zero attached hydrogens (tertiary/aromatic N) is 3. The Labute approximate surface area is 170 Å². The molecule has 0 radical (unpaired) electrons. The number of urea groups is 1. The maximum Gasteiger partial charge on any atom is 0.316 e. The van der Waals surface area contributed by atoms with E-state index in [2.05, 4.69) is 34.5 Å². The van der Waals surface area contributed by atoms with Gasteiger partial charge in [0, 0.05) is 49.6 Å². The second-order valence-electron chi connectivity index (χ2n) is 7.22. The number of imidazole rings is 1. The third kappa shape index (κ3) is 3.91. The molecule has 0 bridgehead atoms. The molecule has 1 aliphatic heterocycles. The van der Waals surface area contributed by atoms with E-state index in [1.807, 2.05) is 37.5 Å². The summed E-state index contributed by atoms with van der Waals surface area (Å²) < 4.78 is 13.9. The van der Waals surface area contributed by atoms with Crippen LogP contribution < -0.4 is 10.5 Å². The monoisotopic (exact) mass is 394 g/mol. The fourth-order valence-corrected chi connectivity index (χ4v) is 3.95. The van der Waals surface area contributed by atoms with Gasteiger partial charge in [-0.1, -0.05) is 12.1 Å². The standard InChI is InChI=1S/C22H26N4O3/c1-3-28-21-14-18(10-12-26(21)22(23)27)29-17-6-4-16(5-7-17)19-8-9-20-24-11-13-25(20)15(19)2/h4-9,11,13,18,21H,3,10,12,14H2,1-2H3,(H2,23,27). The summed E-state index contributed by atoms with van der Waals surface area (Å²) in [7, 11) is 0. The molecule has 1 aliphatic rings. The number of pyridine rings is 1. The molecule has 29 heavy (non-hydrogen) atoms. The quantitative estimate of drug-likeness (QED) is 0.717. The minimum atomic E-state index is -0.448. The third-order valence-corrected chi connectivity index (χ3v) is 5.43. The van der Waals surface area contributed by atoms with E-state index in [1.165, 1.54) is 0 Å². The fourth-order valence-electron chi connectivity index (χ4n) is 3.95. The van der Waals surface area contributed by atoms with Crippen LogP contribution in [0.1, 0.15) is 25.5 Å². The van der Waals surface area contributed by atoms with Gasteiger partial charge in [-0.3, -0.25) is 4.90 Å². The molecule has 2 atom stereocenters. The summed E-state index contributed by atoms with van der Waals surface area (Å²) in [5.74, 6) is 0.808. The van der Waals surface area contributed by atoms with E-state index in [0.29, 0.717) is 19.6 Å². The van der Waals surface area contributed by atoms with E-state index in [9.17, 15) is 4.79 Å². The molecule has 0 spiro atoms. The summed E-state index contributed by atoms with van der Waals surface area (Å²) >= 11 is 0. The lowest BCUT2D eigenvalue weighted by Crippen LogP contribution is -2.52. The molecule has 2 N–H and O–H groups in total. The first kappa shape index (κ1) is 19.3. The van der Waals surface area contributed by atoms with Crippen molar-refractivity contribution in [1.82, 2.24) is 14.3 Å². The van der Waals surface area contributed by atoms with Crippen LogP contribution in [-0.4, -0.2) is 45.8 Å². The minimum absolute atomic E-state index is 0.0166. The van der Waals surface area contributed by atoms with Crippen molar-refractivity contribution in [2.75, 3.05) is 13.2 Å². The molecule has 7 heteroatoms. The van der Waals surface area contributed by atoms with Gasteiger partial charge in [0.15, 0.2) is 0 Å². The van der Waals surface area contributed by atoms with Gasteiger partial charge in [-0.25, -0.2) is 9.78 Å². The third-order valence-electron chi connectivity index (χ3n) is 5.43. The number of likely N-dealkylation sites (tertiary alicyclic amines) is 1. The number of aromatic nitrogens is 2. The number of piperidine rings is 1. The molecule has 2 unspecified atom stereocenters. The number of carbonyl (C=O) groups excluding carboxylic acids is 1. The highest BCUT2D eigenvalue weighted by Crippen LogP contribution is 2.28. The summed E-state index contributed by atoms with van der Waals surface area (Å²) in [6.45, 7) is 5.06. The Hall–Kier alpha value is -3.06. The zero-order chi connectivity index (χ0) is 20.4. The molecule has 1 saturated heterocycles. The lowest BCUT2D eigenvalue weighted by atomic mass is 10.0. The fraction of sp³-hybridized carbons (Fsp3) is 0.364. The number of benzene rings is 1. The summed E-state index contributed by atoms with van der Waals surface area (Å²) in [6.07, 6.45) is 4.76. The van der Waals surface area contributed by atoms with Gasteiger partial charge in [0.25, 0.3) is 0 Å². The van der Waals surface area contributed by atoms with Crippen LogP contribution in [0.4, 0.5) is 4.79 Å². The first-order chi connectivity index (χ1) is 14.1. The Morgan fingerprint density at radius 2 is 2.03 bits per heavy atom. The number of fused-ring (bicyclic) bond motifs is 1. The Kier molecular flexibility index (Phi) is 5.40. The van der Waals surface area contributed by atoms with Crippen LogP contribution in [-0.2, 0) is 4.74 Å². The van der Waals surface area contributed by atoms with Crippen molar-refractivity contribution < 1.29 is 14.3 Å². The highest BCUT2D eigenvalue weighted by atomic mass is 16.5. The van der Waals surface area contributed by atoms with Gasteiger partial charge < -0.3 is 19.6 Å². The highest BCUT2D eigenvalue weighted by molar-refractivity contribution is 5.72. The Morgan fingerprint density at radius 1 is 1.24 bits per heavy atom. The van der Waals surface area contributed by atoms with Crippen molar-refractivity contribution in [1.29, 1.82) is 0 Å². The molecule has 0 saturated carbocycles. The van der Waals surface area contributed by atoms with Crippen LogP contribution in [0.2, 0.25) is 0 Å². The van der Waals surface area contributed by atoms with Crippen molar-refractivity contribution in [3.63, 3.8) is 0 Å². The molecular formula is C22H26N4O3. The maximum atomic E-state index is 11.6. The predicted octanol–water partition coefficient (Wildman–Crippen LogP) is 3.59. The predicted molar refractivity (Wildman–Crippen MR) is 111 cm³/mol. The summed E-state index contributed by atoms with van der Waals surface area (Å²) in [5, 5.41) is 0. The summed E-state index contributed by atoms with van der Waals surface area (Å²) in [6, 6.07) is 11.8. The van der Waals surface area contributed by atoms with E-state index in [-0.39, 0.29) is 12.3 Å². The van der Waals surface area contributed by atoms with Gasteiger partial charge in [-0.05, 0) is 43.7 Å². The van der Waals surface area contributed by atoms with Crippen molar-refractivity contribution in [3.8, 4) is 16.9 Å². The molecule has 0 aliphatic carbocycles. The largest absolute Gasteiger partial charge is 0.490 e. The zero-order valence-electron chi connectivity index (χ0n) is 16.7. The number of carbonyl (C=O) groups is 1. The number of hydrogen-bond acceptors (Lipinski definition) is 4. The lowest BCUT2D eigenvalue weighted by Gasteiger charge is -2.37. The first-order valence-corrected chi connectivity index (χ1v) is 9.94. The summed E-state index contributed by atoms with van der Waals surface area (Å²) in [5.41, 5.74) is 9.83. The number of aryl methyl sites for hydroxylation is 1. The van der Waals surface area contributed by atoms with Gasteiger partial charge >= 0.3 is 6.03 Å². The minimum Gasteiger partial charge on any atom is -0.490 e. The number of amides is 2. The summed E-state index contributed by atoms with van der Waals surface area (Å²) in [4.78, 5) is 17.5. The molecular weight excluding hydrogens is 368 g/mol. The van der Waals surface area contributed by atoms with Crippen LogP contribution in [0.5, 0.6) is 5.75 Å². The van der Waals surface area contributed by atoms with Crippen LogP contribution in [0.15, 0.2) is 48.8 Å². The van der Waals surface area contributed by atoms with E-state index < -0.39 is 6.03 Å². The van der Waals surface area contributed by atoms with E-state index >= 15 is 0 Å². The van der Waals surface area contributed by atoms with E-state index in [1.54, 1.807) is 4.90 Å². The second kappa shape index (κ2) is 8.13. The number of ether oxygens (including phenoxy) is 2. The van der Waals surface area contributed by atoms with Gasteiger partial charge in [0.1, 0.15) is 23.7 Å². The average Bonchev–Trinajstić information content (AvgIpc) is 3.19. The van der Waals surface area contributed by atoms with Gasteiger partial charge in [-0.15, -0.1) is 0 Å². The zero-order valence-corrected chi connectivity index (χ0v) is 16.7. The maximum absolute atomic E-state index is 11.6. The molecule has 1 fully saturated rings.